The monoisotopic (exact) mass is 348 g/mol. The van der Waals surface area contributed by atoms with Gasteiger partial charge in [0.1, 0.15) is 0 Å². The van der Waals surface area contributed by atoms with Gasteiger partial charge in [0.15, 0.2) is 0 Å². The number of hydrogen-bond donors (Lipinski definition) is 3. The molecular formula is C19H32N4O2. The number of amides is 1. The van der Waals surface area contributed by atoms with Crippen LogP contribution in [-0.2, 0) is 11.2 Å². The molecule has 1 amide bonds. The van der Waals surface area contributed by atoms with Crippen molar-refractivity contribution in [1.82, 2.24) is 20.4 Å². The second kappa shape index (κ2) is 8.81. The second-order valence-corrected chi connectivity index (χ2v) is 7.88. The maximum atomic E-state index is 12.4. The number of carbonyl (C=O) groups excluding carboxylic acids is 1. The minimum atomic E-state index is -0.383. The van der Waals surface area contributed by atoms with Crippen LogP contribution in [0.25, 0.3) is 0 Å². The first-order chi connectivity index (χ1) is 12.1. The van der Waals surface area contributed by atoms with Crippen molar-refractivity contribution >= 4 is 5.91 Å². The summed E-state index contributed by atoms with van der Waals surface area (Å²) in [6.45, 7) is 3.70. The summed E-state index contributed by atoms with van der Waals surface area (Å²) in [5.74, 6) is 0.255. The van der Waals surface area contributed by atoms with Crippen molar-refractivity contribution in [2.75, 3.05) is 19.6 Å². The minimum Gasteiger partial charge on any atom is -0.391 e. The first-order valence-corrected chi connectivity index (χ1v) is 9.81. The lowest BCUT2D eigenvalue weighted by Crippen LogP contribution is -2.42. The van der Waals surface area contributed by atoms with Gasteiger partial charge in [0.05, 0.1) is 18.3 Å². The highest BCUT2D eigenvalue weighted by molar-refractivity contribution is 5.78. The predicted octanol–water partition coefficient (Wildman–Crippen LogP) is 1.78. The lowest BCUT2D eigenvalue weighted by Gasteiger charge is -2.22. The Labute approximate surface area is 150 Å². The van der Waals surface area contributed by atoms with Gasteiger partial charge in [-0.1, -0.05) is 32.1 Å². The molecule has 2 fully saturated rings. The molecule has 1 aliphatic heterocycles. The van der Waals surface area contributed by atoms with Crippen LogP contribution in [0.5, 0.6) is 0 Å². The summed E-state index contributed by atoms with van der Waals surface area (Å²) in [4.78, 5) is 14.5. The number of aromatic amines is 1. The SMILES string of the molecule is Cc1cc(C[C@@H]2CN(CC(=O)NC3CCCCCCC3)C[C@@H]2O)n[nH]1. The molecule has 140 valence electrons. The number of rotatable bonds is 5. The Kier molecular flexibility index (Phi) is 6.48. The van der Waals surface area contributed by atoms with E-state index >= 15 is 0 Å². The molecule has 3 rings (SSSR count). The number of likely N-dealkylation sites (tertiary alicyclic amines) is 1. The van der Waals surface area contributed by atoms with Crippen molar-refractivity contribution in [1.29, 1.82) is 0 Å². The van der Waals surface area contributed by atoms with Crippen LogP contribution in [0.15, 0.2) is 6.07 Å². The number of nitrogens with zero attached hydrogens (tertiary/aromatic N) is 2. The van der Waals surface area contributed by atoms with E-state index in [-0.39, 0.29) is 17.9 Å². The molecule has 1 aromatic heterocycles. The molecule has 6 heteroatoms. The van der Waals surface area contributed by atoms with Crippen molar-refractivity contribution in [2.24, 2.45) is 5.92 Å². The van der Waals surface area contributed by atoms with Gasteiger partial charge in [-0.3, -0.25) is 14.8 Å². The highest BCUT2D eigenvalue weighted by Gasteiger charge is 2.32. The van der Waals surface area contributed by atoms with Crippen LogP contribution in [0.1, 0.15) is 56.3 Å². The Hall–Kier alpha value is -1.40. The molecule has 2 heterocycles. The minimum absolute atomic E-state index is 0.106. The molecule has 2 aliphatic rings. The lowest BCUT2D eigenvalue weighted by atomic mass is 9.97. The zero-order chi connectivity index (χ0) is 17.6. The van der Waals surface area contributed by atoms with Gasteiger partial charge >= 0.3 is 0 Å². The maximum Gasteiger partial charge on any atom is 0.234 e. The molecule has 6 nitrogen and oxygen atoms in total. The van der Waals surface area contributed by atoms with Crippen LogP contribution in [0.2, 0.25) is 0 Å². The zero-order valence-corrected chi connectivity index (χ0v) is 15.3. The fraction of sp³-hybridized carbons (Fsp3) is 0.789. The summed E-state index contributed by atoms with van der Waals surface area (Å²) in [6, 6.07) is 2.36. The molecule has 1 saturated carbocycles. The van der Waals surface area contributed by atoms with Gasteiger partial charge in [-0.15, -0.1) is 0 Å². The van der Waals surface area contributed by atoms with Crippen molar-refractivity contribution in [3.8, 4) is 0 Å². The smallest absolute Gasteiger partial charge is 0.234 e. The Morgan fingerprint density at radius 1 is 1.28 bits per heavy atom. The third kappa shape index (κ3) is 5.54. The van der Waals surface area contributed by atoms with E-state index in [1.54, 1.807) is 0 Å². The molecule has 1 saturated heterocycles. The Bertz CT molecular complexity index is 551. The van der Waals surface area contributed by atoms with E-state index < -0.39 is 0 Å². The van der Waals surface area contributed by atoms with E-state index in [1.807, 2.05) is 13.0 Å². The van der Waals surface area contributed by atoms with E-state index in [9.17, 15) is 9.90 Å². The number of β-amino-alcohol motifs (C(OH)–C–C–N with tert-alkyl or cyclic N) is 1. The lowest BCUT2D eigenvalue weighted by molar-refractivity contribution is -0.122. The standard InChI is InChI=1S/C19H32N4O2/c1-14-9-17(22-21-14)10-15-11-23(12-18(15)24)13-19(25)20-16-7-5-3-2-4-6-8-16/h9,15-16,18,24H,2-8,10-13H2,1H3,(H,20,25)(H,21,22)/t15-,18+/m1/s1. The largest absolute Gasteiger partial charge is 0.391 e. The highest BCUT2D eigenvalue weighted by Crippen LogP contribution is 2.21. The zero-order valence-electron chi connectivity index (χ0n) is 15.3. The van der Waals surface area contributed by atoms with Crippen LogP contribution >= 0.6 is 0 Å². The number of H-pyrrole nitrogens is 1. The van der Waals surface area contributed by atoms with Crippen molar-refractivity contribution in [2.45, 2.75) is 70.4 Å². The summed E-state index contributed by atoms with van der Waals surface area (Å²) in [5.41, 5.74) is 2.03. The summed E-state index contributed by atoms with van der Waals surface area (Å²) in [6.07, 6.45) is 8.95. The molecule has 0 aromatic carbocycles. The van der Waals surface area contributed by atoms with Crippen LogP contribution in [0.3, 0.4) is 0 Å². The van der Waals surface area contributed by atoms with Gasteiger partial charge in [0.2, 0.25) is 5.91 Å². The fourth-order valence-electron chi connectivity index (χ4n) is 4.20. The third-order valence-electron chi connectivity index (χ3n) is 5.55. The Balaban J connectivity index is 1.43. The molecule has 1 aromatic rings. The second-order valence-electron chi connectivity index (χ2n) is 7.88. The molecule has 3 N–H and O–H groups in total. The van der Waals surface area contributed by atoms with Gasteiger partial charge in [-0.2, -0.15) is 5.10 Å². The summed E-state index contributed by atoms with van der Waals surface area (Å²) >= 11 is 0. The number of aliphatic hydroxyl groups is 1. The van der Waals surface area contributed by atoms with Crippen LogP contribution in [0, 0.1) is 12.8 Å². The first-order valence-electron chi connectivity index (χ1n) is 9.81. The number of carbonyl (C=O) groups is 1. The Morgan fingerprint density at radius 2 is 2.00 bits per heavy atom. The topological polar surface area (TPSA) is 81.2 Å². The summed E-state index contributed by atoms with van der Waals surface area (Å²) in [5, 5.41) is 20.7. The van der Waals surface area contributed by atoms with Gasteiger partial charge < -0.3 is 10.4 Å². The number of nitrogens with one attached hydrogen (secondary N) is 2. The average molecular weight is 348 g/mol. The Morgan fingerprint density at radius 3 is 2.68 bits per heavy atom. The molecule has 1 aliphatic carbocycles. The number of aliphatic hydroxyl groups excluding tert-OH is 1. The molecule has 0 bridgehead atoms. The van der Waals surface area contributed by atoms with Crippen molar-refractivity contribution in [3.05, 3.63) is 17.5 Å². The van der Waals surface area contributed by atoms with Crippen LogP contribution in [0.4, 0.5) is 0 Å². The average Bonchev–Trinajstić information content (AvgIpc) is 3.08. The van der Waals surface area contributed by atoms with E-state index in [0.717, 1.165) is 37.2 Å². The summed E-state index contributed by atoms with van der Waals surface area (Å²) < 4.78 is 0. The van der Waals surface area contributed by atoms with Crippen molar-refractivity contribution < 1.29 is 9.90 Å². The number of aromatic nitrogens is 2. The molecule has 25 heavy (non-hydrogen) atoms. The quantitative estimate of drug-likeness (QED) is 0.758. The first kappa shape index (κ1) is 18.4. The predicted molar refractivity (Wildman–Crippen MR) is 97.2 cm³/mol. The maximum absolute atomic E-state index is 12.4. The highest BCUT2D eigenvalue weighted by atomic mass is 16.3. The molecule has 0 radical (unpaired) electrons. The van der Waals surface area contributed by atoms with E-state index in [0.29, 0.717) is 19.1 Å². The number of aryl methyl sites for hydroxylation is 1. The molecule has 0 unspecified atom stereocenters. The van der Waals surface area contributed by atoms with E-state index in [2.05, 4.69) is 20.4 Å². The summed E-state index contributed by atoms with van der Waals surface area (Å²) in [7, 11) is 0. The van der Waals surface area contributed by atoms with Crippen LogP contribution < -0.4 is 5.32 Å². The van der Waals surface area contributed by atoms with E-state index in [4.69, 9.17) is 0 Å². The molecule has 2 atom stereocenters. The van der Waals surface area contributed by atoms with Gasteiger partial charge in [-0.25, -0.2) is 0 Å². The number of hydrogen-bond acceptors (Lipinski definition) is 4. The van der Waals surface area contributed by atoms with Crippen LogP contribution in [-0.4, -0.2) is 57.9 Å². The fourth-order valence-corrected chi connectivity index (χ4v) is 4.20. The molecule has 0 spiro atoms. The van der Waals surface area contributed by atoms with Gasteiger partial charge in [-0.05, 0) is 32.3 Å². The van der Waals surface area contributed by atoms with Gasteiger partial charge in [0, 0.05) is 30.7 Å². The molecular weight excluding hydrogens is 316 g/mol. The van der Waals surface area contributed by atoms with E-state index in [1.165, 1.54) is 32.1 Å². The van der Waals surface area contributed by atoms with Crippen molar-refractivity contribution in [3.63, 3.8) is 0 Å². The third-order valence-corrected chi connectivity index (χ3v) is 5.55. The normalized spacial score (nSPS) is 26.3. The van der Waals surface area contributed by atoms with Gasteiger partial charge in [0.25, 0.3) is 0 Å².